The Morgan fingerprint density at radius 3 is 2.52 bits per heavy atom. The molecule has 0 aliphatic heterocycles. The highest BCUT2D eigenvalue weighted by atomic mass is 31.1. The minimum atomic E-state index is -1.54. The van der Waals surface area contributed by atoms with Crippen molar-refractivity contribution in [1.82, 2.24) is 9.78 Å². The highest BCUT2D eigenvalue weighted by Gasteiger charge is 2.19. The van der Waals surface area contributed by atoms with Crippen LogP contribution >= 0.6 is 18.5 Å². The first-order valence-electron chi connectivity index (χ1n) is 9.21. The van der Waals surface area contributed by atoms with Crippen molar-refractivity contribution in [3.05, 3.63) is 66.0 Å². The van der Waals surface area contributed by atoms with Crippen molar-refractivity contribution in [2.45, 2.75) is 25.5 Å². The van der Waals surface area contributed by atoms with Gasteiger partial charge >= 0.3 is 5.97 Å². The van der Waals surface area contributed by atoms with Gasteiger partial charge in [0, 0.05) is 28.2 Å². The summed E-state index contributed by atoms with van der Waals surface area (Å²) >= 11 is 0. The van der Waals surface area contributed by atoms with E-state index in [0.29, 0.717) is 12.2 Å². The molecule has 2 unspecified atom stereocenters. The van der Waals surface area contributed by atoms with Crippen molar-refractivity contribution in [2.75, 3.05) is 11.9 Å². The largest absolute Gasteiger partial charge is 0.465 e. The van der Waals surface area contributed by atoms with Gasteiger partial charge in [-0.1, -0.05) is 48.8 Å². The minimum Gasteiger partial charge on any atom is -0.465 e. The van der Waals surface area contributed by atoms with Gasteiger partial charge in [-0.25, -0.2) is 4.39 Å². The van der Waals surface area contributed by atoms with E-state index in [-0.39, 0.29) is 12.5 Å². The minimum absolute atomic E-state index is 0.0752. The first kappa shape index (κ1) is 21.4. The third-order valence-electron chi connectivity index (χ3n) is 4.51. The summed E-state index contributed by atoms with van der Waals surface area (Å²) in [6, 6.07) is 15.0. The predicted octanol–water partition coefficient (Wildman–Crippen LogP) is 5.00. The number of rotatable bonds is 7. The number of esters is 1. The van der Waals surface area contributed by atoms with Crippen molar-refractivity contribution in [3.8, 4) is 11.1 Å². The molecule has 0 aliphatic carbocycles. The molecule has 0 amide bonds. The van der Waals surface area contributed by atoms with Gasteiger partial charge in [0.05, 0.1) is 12.8 Å². The molecule has 0 spiro atoms. The average molecular weight is 431 g/mol. The highest BCUT2D eigenvalue weighted by Crippen LogP contribution is 2.40. The van der Waals surface area contributed by atoms with Crippen LogP contribution in [0.25, 0.3) is 11.1 Å². The lowest BCUT2D eigenvalue weighted by Gasteiger charge is -2.16. The van der Waals surface area contributed by atoms with E-state index in [1.807, 2.05) is 43.3 Å². The van der Waals surface area contributed by atoms with Gasteiger partial charge in [0.15, 0.2) is 5.15 Å². The monoisotopic (exact) mass is 431 g/mol. The fourth-order valence-electron chi connectivity index (χ4n) is 2.99. The number of nitrogens with one attached hydrogen (secondary N) is 1. The SMILES string of the molecule is CCOC(=O)Cn1ncc(-c2ccccc2Nc2ccc(C(F)(P)P)cc2)c1C. The van der Waals surface area contributed by atoms with Crippen molar-refractivity contribution in [1.29, 1.82) is 0 Å². The molecule has 2 atom stereocenters. The van der Waals surface area contributed by atoms with Gasteiger partial charge in [-0.3, -0.25) is 9.48 Å². The van der Waals surface area contributed by atoms with Crippen LogP contribution in [0, 0.1) is 6.92 Å². The number of para-hydroxylation sites is 1. The summed E-state index contributed by atoms with van der Waals surface area (Å²) < 4.78 is 20.7. The fourth-order valence-corrected chi connectivity index (χ4v) is 3.38. The van der Waals surface area contributed by atoms with Gasteiger partial charge < -0.3 is 10.1 Å². The average Bonchev–Trinajstić information content (AvgIpc) is 3.02. The van der Waals surface area contributed by atoms with Gasteiger partial charge in [0.2, 0.25) is 0 Å². The van der Waals surface area contributed by atoms with Crippen LogP contribution in [0.3, 0.4) is 0 Å². The van der Waals surface area contributed by atoms with Crippen LogP contribution in [-0.2, 0) is 21.2 Å². The van der Waals surface area contributed by atoms with Crippen LogP contribution in [0.15, 0.2) is 54.7 Å². The summed E-state index contributed by atoms with van der Waals surface area (Å²) in [7, 11) is 4.33. The van der Waals surface area contributed by atoms with E-state index in [0.717, 1.165) is 28.2 Å². The molecule has 0 bridgehead atoms. The molecule has 0 saturated heterocycles. The van der Waals surface area contributed by atoms with Crippen molar-refractivity contribution in [2.24, 2.45) is 0 Å². The summed E-state index contributed by atoms with van der Waals surface area (Å²) in [4.78, 5) is 11.8. The van der Waals surface area contributed by atoms with Gasteiger partial charge in [0.1, 0.15) is 6.54 Å². The molecule has 3 rings (SSSR count). The molecule has 1 aromatic heterocycles. The van der Waals surface area contributed by atoms with Crippen molar-refractivity contribution >= 4 is 35.8 Å². The topological polar surface area (TPSA) is 56.2 Å². The molecule has 1 heterocycles. The molecular formula is C21H24FN3O2P2. The second-order valence-corrected chi connectivity index (χ2v) is 8.97. The van der Waals surface area contributed by atoms with Crippen molar-refractivity contribution < 1.29 is 13.9 Å². The maximum Gasteiger partial charge on any atom is 0.327 e. The molecular weight excluding hydrogens is 407 g/mol. The van der Waals surface area contributed by atoms with E-state index >= 15 is 0 Å². The number of carbonyl (C=O) groups is 1. The van der Waals surface area contributed by atoms with Gasteiger partial charge in [-0.15, -0.1) is 0 Å². The molecule has 152 valence electrons. The standard InChI is InChI=1S/C21H24FN3O2P2/c1-3-27-20(26)13-25-14(2)18(12-23-25)17-6-4-5-7-19(17)24-16-10-8-15(9-11-16)21(22,28)29/h4-12,24H,3,13,28-29H2,1-2H3. The molecule has 29 heavy (non-hydrogen) atoms. The Morgan fingerprint density at radius 2 is 1.86 bits per heavy atom. The number of alkyl halides is 1. The van der Waals surface area contributed by atoms with Gasteiger partial charge in [0.25, 0.3) is 0 Å². The zero-order chi connectivity index (χ0) is 21.0. The Bertz CT molecular complexity index is 998. The first-order chi connectivity index (χ1) is 13.8. The van der Waals surface area contributed by atoms with Crippen LogP contribution in [0.4, 0.5) is 15.8 Å². The molecule has 2 aromatic carbocycles. The number of hydrogen-bond acceptors (Lipinski definition) is 4. The first-order valence-corrected chi connectivity index (χ1v) is 10.4. The molecule has 1 N–H and O–H groups in total. The molecule has 0 saturated carbocycles. The zero-order valence-electron chi connectivity index (χ0n) is 16.4. The highest BCUT2D eigenvalue weighted by molar-refractivity contribution is 7.38. The molecule has 0 fully saturated rings. The second-order valence-electron chi connectivity index (χ2n) is 6.62. The maximum absolute atomic E-state index is 14.0. The second kappa shape index (κ2) is 9.02. The van der Waals surface area contributed by atoms with Crippen LogP contribution in [0.1, 0.15) is 18.2 Å². The number of anilines is 2. The Labute approximate surface area is 174 Å². The molecule has 5 nitrogen and oxygen atoms in total. The third kappa shape index (κ3) is 5.20. The normalized spacial score (nSPS) is 11.3. The number of halogens is 1. The lowest BCUT2D eigenvalue weighted by Crippen LogP contribution is -2.15. The van der Waals surface area contributed by atoms with Crippen molar-refractivity contribution in [3.63, 3.8) is 0 Å². The van der Waals surface area contributed by atoms with Crippen LogP contribution in [0.2, 0.25) is 0 Å². The quantitative estimate of drug-likeness (QED) is 0.423. The number of carbonyl (C=O) groups excluding carboxylic acids is 1. The van der Waals surface area contributed by atoms with Crippen LogP contribution in [0.5, 0.6) is 0 Å². The summed E-state index contributed by atoms with van der Waals surface area (Å²) in [6.45, 7) is 4.12. The lowest BCUT2D eigenvalue weighted by atomic mass is 10.0. The summed E-state index contributed by atoms with van der Waals surface area (Å²) in [6.07, 6.45) is 1.75. The molecule has 0 radical (unpaired) electrons. The molecule has 0 aliphatic rings. The predicted molar refractivity (Wildman–Crippen MR) is 121 cm³/mol. The Morgan fingerprint density at radius 1 is 1.17 bits per heavy atom. The van der Waals surface area contributed by atoms with E-state index in [1.54, 1.807) is 29.9 Å². The van der Waals surface area contributed by atoms with E-state index in [2.05, 4.69) is 28.9 Å². The van der Waals surface area contributed by atoms with E-state index in [1.165, 1.54) is 0 Å². The molecule has 8 heteroatoms. The molecule has 3 aromatic rings. The van der Waals surface area contributed by atoms with Gasteiger partial charge in [-0.2, -0.15) is 5.10 Å². The number of hydrogen-bond donors (Lipinski definition) is 1. The van der Waals surface area contributed by atoms with Gasteiger partial charge in [-0.05, 0) is 37.6 Å². The smallest absolute Gasteiger partial charge is 0.327 e. The van der Waals surface area contributed by atoms with E-state index in [4.69, 9.17) is 4.74 Å². The zero-order valence-corrected chi connectivity index (χ0v) is 18.7. The summed E-state index contributed by atoms with van der Waals surface area (Å²) in [5, 5.41) is 6.18. The Hall–Kier alpha value is -2.29. The third-order valence-corrected chi connectivity index (χ3v) is 5.18. The number of benzene rings is 2. The number of aromatic nitrogens is 2. The number of nitrogens with zero attached hydrogens (tertiary/aromatic N) is 2. The van der Waals surface area contributed by atoms with E-state index in [9.17, 15) is 9.18 Å². The Balaban J connectivity index is 1.86. The summed E-state index contributed by atoms with van der Waals surface area (Å²) in [5.74, 6) is -0.316. The Kier molecular flexibility index (Phi) is 6.66. The van der Waals surface area contributed by atoms with Crippen LogP contribution in [-0.4, -0.2) is 22.4 Å². The van der Waals surface area contributed by atoms with Crippen LogP contribution < -0.4 is 5.32 Å². The fraction of sp³-hybridized carbons (Fsp3) is 0.238. The summed E-state index contributed by atoms with van der Waals surface area (Å²) in [5.41, 5.74) is 5.05. The van der Waals surface area contributed by atoms with E-state index < -0.39 is 5.15 Å². The maximum atomic E-state index is 14.0. The lowest BCUT2D eigenvalue weighted by molar-refractivity contribution is -0.144. The number of ether oxygens (including phenoxy) is 1.